The van der Waals surface area contributed by atoms with E-state index in [0.717, 1.165) is 17.6 Å². The van der Waals surface area contributed by atoms with Crippen LogP contribution in [0.4, 0.5) is 0 Å². The molecule has 0 amide bonds. The first-order chi connectivity index (χ1) is 8.26. The Balaban J connectivity index is 2.74. The predicted molar refractivity (Wildman–Crippen MR) is 80.9 cm³/mol. The van der Waals surface area contributed by atoms with Crippen LogP contribution in [-0.2, 0) is 6.54 Å². The van der Waals surface area contributed by atoms with Gasteiger partial charge in [-0.3, -0.25) is 4.68 Å². The van der Waals surface area contributed by atoms with Gasteiger partial charge in [0.05, 0.1) is 16.4 Å². The van der Waals surface area contributed by atoms with Crippen LogP contribution < -0.4 is 5.32 Å². The first-order valence-corrected chi connectivity index (χ1v) is 7.51. The molecule has 104 valence electrons. The van der Waals surface area contributed by atoms with E-state index in [2.05, 4.69) is 72.6 Å². The fourth-order valence-corrected chi connectivity index (χ4v) is 2.65. The van der Waals surface area contributed by atoms with Gasteiger partial charge in [-0.1, -0.05) is 13.8 Å². The van der Waals surface area contributed by atoms with Gasteiger partial charge in [-0.05, 0) is 56.1 Å². The topological polar surface area (TPSA) is 29.9 Å². The van der Waals surface area contributed by atoms with Crippen molar-refractivity contribution in [2.24, 2.45) is 5.92 Å². The van der Waals surface area contributed by atoms with E-state index in [0.29, 0.717) is 11.8 Å². The van der Waals surface area contributed by atoms with Crippen molar-refractivity contribution in [3.63, 3.8) is 0 Å². The van der Waals surface area contributed by atoms with Crippen molar-refractivity contribution < 1.29 is 0 Å². The minimum atomic E-state index is 0.177. The predicted octanol–water partition coefficient (Wildman–Crippen LogP) is 3.79. The average Bonchev–Trinajstić information content (AvgIpc) is 2.65. The number of nitrogens with zero attached hydrogens (tertiary/aromatic N) is 2. The molecule has 0 radical (unpaired) electrons. The van der Waals surface area contributed by atoms with Gasteiger partial charge in [0.15, 0.2) is 0 Å². The summed E-state index contributed by atoms with van der Waals surface area (Å²) >= 11 is 3.61. The standard InChI is InChI=1S/C14H26BrN3/c1-7-18-13(12(15)9-17-18)11(3)10(2)8-16-14(4,5)6/h9-11,16H,7-8H2,1-6H3. The lowest BCUT2D eigenvalue weighted by Crippen LogP contribution is -2.39. The molecule has 1 rings (SSSR count). The summed E-state index contributed by atoms with van der Waals surface area (Å²) < 4.78 is 3.21. The molecule has 2 atom stereocenters. The summed E-state index contributed by atoms with van der Waals surface area (Å²) in [5.41, 5.74) is 1.48. The summed E-state index contributed by atoms with van der Waals surface area (Å²) in [6, 6.07) is 0. The van der Waals surface area contributed by atoms with Crippen LogP contribution in [-0.4, -0.2) is 21.9 Å². The quantitative estimate of drug-likeness (QED) is 0.895. The molecule has 1 aromatic heterocycles. The highest BCUT2D eigenvalue weighted by Crippen LogP contribution is 2.30. The molecule has 0 saturated heterocycles. The molecule has 0 aromatic carbocycles. The first kappa shape index (κ1) is 15.7. The molecule has 1 aromatic rings. The zero-order chi connectivity index (χ0) is 13.9. The van der Waals surface area contributed by atoms with Crippen molar-refractivity contribution in [2.75, 3.05) is 6.54 Å². The molecule has 0 spiro atoms. The Labute approximate surface area is 119 Å². The van der Waals surface area contributed by atoms with Crippen molar-refractivity contribution in [1.82, 2.24) is 15.1 Å². The minimum absolute atomic E-state index is 0.177. The van der Waals surface area contributed by atoms with Crippen LogP contribution in [0.25, 0.3) is 0 Å². The Morgan fingerprint density at radius 3 is 2.50 bits per heavy atom. The molecule has 3 nitrogen and oxygen atoms in total. The van der Waals surface area contributed by atoms with Crippen LogP contribution in [0.1, 0.15) is 53.2 Å². The molecule has 1 N–H and O–H groups in total. The maximum absolute atomic E-state index is 4.40. The Hall–Kier alpha value is -0.350. The van der Waals surface area contributed by atoms with Crippen LogP contribution >= 0.6 is 15.9 Å². The molecule has 0 saturated carbocycles. The third-order valence-electron chi connectivity index (χ3n) is 3.37. The third kappa shape index (κ3) is 4.09. The Morgan fingerprint density at radius 1 is 1.39 bits per heavy atom. The Kier molecular flexibility index (Phi) is 5.41. The number of aryl methyl sites for hydroxylation is 1. The summed E-state index contributed by atoms with van der Waals surface area (Å²) in [4.78, 5) is 0. The zero-order valence-corrected chi connectivity index (χ0v) is 14.0. The first-order valence-electron chi connectivity index (χ1n) is 6.72. The molecule has 0 aliphatic rings. The third-order valence-corrected chi connectivity index (χ3v) is 3.98. The molecule has 0 aliphatic carbocycles. The molecule has 0 aliphatic heterocycles. The average molecular weight is 316 g/mol. The highest BCUT2D eigenvalue weighted by molar-refractivity contribution is 9.10. The van der Waals surface area contributed by atoms with E-state index in [1.54, 1.807) is 0 Å². The number of hydrogen-bond donors (Lipinski definition) is 1. The lowest BCUT2D eigenvalue weighted by atomic mass is 9.92. The molecular formula is C14H26BrN3. The second-order valence-electron chi connectivity index (χ2n) is 6.09. The van der Waals surface area contributed by atoms with Crippen molar-refractivity contribution in [2.45, 2.75) is 59.5 Å². The molecule has 0 bridgehead atoms. The highest BCUT2D eigenvalue weighted by atomic mass is 79.9. The summed E-state index contributed by atoms with van der Waals surface area (Å²) in [6.07, 6.45) is 1.90. The van der Waals surface area contributed by atoms with Crippen molar-refractivity contribution >= 4 is 15.9 Å². The molecule has 0 fully saturated rings. The fourth-order valence-electron chi connectivity index (χ4n) is 1.99. The summed E-state index contributed by atoms with van der Waals surface area (Å²) in [7, 11) is 0. The molecule has 2 unspecified atom stereocenters. The van der Waals surface area contributed by atoms with E-state index in [-0.39, 0.29) is 5.54 Å². The molecule has 4 heteroatoms. The van der Waals surface area contributed by atoms with E-state index in [9.17, 15) is 0 Å². The minimum Gasteiger partial charge on any atom is -0.312 e. The van der Waals surface area contributed by atoms with Gasteiger partial charge < -0.3 is 5.32 Å². The Morgan fingerprint density at radius 2 is 2.00 bits per heavy atom. The van der Waals surface area contributed by atoms with Gasteiger partial charge in [0.25, 0.3) is 0 Å². The second kappa shape index (κ2) is 6.20. The van der Waals surface area contributed by atoms with E-state index in [4.69, 9.17) is 0 Å². The van der Waals surface area contributed by atoms with E-state index in [1.165, 1.54) is 5.69 Å². The van der Waals surface area contributed by atoms with E-state index < -0.39 is 0 Å². The highest BCUT2D eigenvalue weighted by Gasteiger charge is 2.22. The van der Waals surface area contributed by atoms with E-state index >= 15 is 0 Å². The summed E-state index contributed by atoms with van der Waals surface area (Å²) in [6.45, 7) is 15.3. The summed E-state index contributed by atoms with van der Waals surface area (Å²) in [5.74, 6) is 1.05. The maximum atomic E-state index is 4.40. The van der Waals surface area contributed by atoms with Crippen LogP contribution in [0.3, 0.4) is 0 Å². The fraction of sp³-hybridized carbons (Fsp3) is 0.786. The van der Waals surface area contributed by atoms with Crippen LogP contribution in [0.15, 0.2) is 10.7 Å². The van der Waals surface area contributed by atoms with Gasteiger partial charge in [0, 0.05) is 18.0 Å². The van der Waals surface area contributed by atoms with Gasteiger partial charge in [0.1, 0.15) is 0 Å². The van der Waals surface area contributed by atoms with Crippen LogP contribution in [0.5, 0.6) is 0 Å². The van der Waals surface area contributed by atoms with Crippen molar-refractivity contribution in [3.8, 4) is 0 Å². The van der Waals surface area contributed by atoms with Gasteiger partial charge >= 0.3 is 0 Å². The zero-order valence-electron chi connectivity index (χ0n) is 12.4. The number of aromatic nitrogens is 2. The number of rotatable bonds is 5. The van der Waals surface area contributed by atoms with Crippen molar-refractivity contribution in [3.05, 3.63) is 16.4 Å². The number of nitrogens with one attached hydrogen (secondary N) is 1. The SMILES string of the molecule is CCn1ncc(Br)c1C(C)C(C)CNC(C)(C)C. The largest absolute Gasteiger partial charge is 0.312 e. The normalized spacial score (nSPS) is 15.7. The summed E-state index contributed by atoms with van der Waals surface area (Å²) in [5, 5.41) is 7.97. The Bertz CT molecular complexity index is 379. The van der Waals surface area contributed by atoms with Gasteiger partial charge in [-0.25, -0.2) is 0 Å². The smallest absolute Gasteiger partial charge is 0.0635 e. The van der Waals surface area contributed by atoms with Gasteiger partial charge in [-0.15, -0.1) is 0 Å². The number of halogens is 1. The lowest BCUT2D eigenvalue weighted by Gasteiger charge is -2.27. The monoisotopic (exact) mass is 315 g/mol. The van der Waals surface area contributed by atoms with Crippen molar-refractivity contribution in [1.29, 1.82) is 0 Å². The molecule has 1 heterocycles. The lowest BCUT2D eigenvalue weighted by molar-refractivity contribution is 0.351. The van der Waals surface area contributed by atoms with Crippen LogP contribution in [0.2, 0.25) is 0 Å². The molecular weight excluding hydrogens is 290 g/mol. The van der Waals surface area contributed by atoms with E-state index in [1.807, 2.05) is 6.20 Å². The van der Waals surface area contributed by atoms with Crippen LogP contribution in [0, 0.1) is 5.92 Å². The second-order valence-corrected chi connectivity index (χ2v) is 6.94. The van der Waals surface area contributed by atoms with Gasteiger partial charge in [0.2, 0.25) is 0 Å². The maximum Gasteiger partial charge on any atom is 0.0635 e. The number of hydrogen-bond acceptors (Lipinski definition) is 2. The molecule has 18 heavy (non-hydrogen) atoms. The van der Waals surface area contributed by atoms with Gasteiger partial charge in [-0.2, -0.15) is 5.10 Å².